The zero-order valence-corrected chi connectivity index (χ0v) is 14.9. The van der Waals surface area contributed by atoms with Gasteiger partial charge in [0.25, 0.3) is 5.91 Å². The first-order valence-corrected chi connectivity index (χ1v) is 9.52. The Morgan fingerprint density at radius 1 is 1.23 bits per heavy atom. The Hall–Kier alpha value is -2.08. The van der Waals surface area contributed by atoms with Crippen molar-refractivity contribution < 1.29 is 19.4 Å². The number of nitrogens with zero attached hydrogens (tertiary/aromatic N) is 1. The van der Waals surface area contributed by atoms with E-state index in [2.05, 4.69) is 5.32 Å². The molecule has 140 valence electrons. The largest absolute Gasteiger partial charge is 0.508 e. The smallest absolute Gasteiger partial charge is 0.254 e. The average Bonchev–Trinajstić information content (AvgIpc) is 3.42. The number of amides is 2. The van der Waals surface area contributed by atoms with Gasteiger partial charge in [-0.3, -0.25) is 9.59 Å². The summed E-state index contributed by atoms with van der Waals surface area (Å²) >= 11 is 0. The van der Waals surface area contributed by atoms with Gasteiger partial charge in [0.2, 0.25) is 5.91 Å². The average molecular weight is 358 g/mol. The number of carbonyl (C=O) groups is 2. The van der Waals surface area contributed by atoms with Crippen molar-refractivity contribution in [3.05, 3.63) is 29.8 Å². The summed E-state index contributed by atoms with van der Waals surface area (Å²) in [6, 6.07) is 6.45. The minimum atomic E-state index is -0.221. The molecule has 6 heteroatoms. The van der Waals surface area contributed by atoms with E-state index >= 15 is 0 Å². The summed E-state index contributed by atoms with van der Waals surface area (Å²) in [6.45, 7) is 2.52. The molecule has 1 aliphatic carbocycles. The first kappa shape index (κ1) is 17.3. The number of nitrogens with one attached hydrogen (secondary N) is 1. The third-order valence-corrected chi connectivity index (χ3v) is 5.73. The maximum atomic E-state index is 12.5. The summed E-state index contributed by atoms with van der Waals surface area (Å²) in [5, 5.41) is 12.6. The molecule has 3 aliphatic rings. The van der Waals surface area contributed by atoms with Crippen molar-refractivity contribution in [3.8, 4) is 5.75 Å². The van der Waals surface area contributed by atoms with Gasteiger partial charge in [0.15, 0.2) is 0 Å². The van der Waals surface area contributed by atoms with E-state index in [1.54, 1.807) is 23.1 Å². The quantitative estimate of drug-likeness (QED) is 0.843. The van der Waals surface area contributed by atoms with Gasteiger partial charge < -0.3 is 20.1 Å². The van der Waals surface area contributed by atoms with Gasteiger partial charge in [-0.05, 0) is 55.7 Å². The van der Waals surface area contributed by atoms with Crippen LogP contribution in [0.1, 0.15) is 42.5 Å². The number of hydrogen-bond donors (Lipinski definition) is 2. The summed E-state index contributed by atoms with van der Waals surface area (Å²) < 4.78 is 6.09. The number of aromatic hydroxyl groups is 1. The molecule has 2 heterocycles. The van der Waals surface area contributed by atoms with Gasteiger partial charge in [-0.15, -0.1) is 0 Å². The molecule has 26 heavy (non-hydrogen) atoms. The minimum Gasteiger partial charge on any atom is -0.508 e. The van der Waals surface area contributed by atoms with Gasteiger partial charge in [-0.1, -0.05) is 6.07 Å². The predicted molar refractivity (Wildman–Crippen MR) is 95.8 cm³/mol. The summed E-state index contributed by atoms with van der Waals surface area (Å²) in [7, 11) is 0. The van der Waals surface area contributed by atoms with Gasteiger partial charge in [0.1, 0.15) is 11.4 Å². The van der Waals surface area contributed by atoms with Crippen molar-refractivity contribution in [2.45, 2.75) is 37.7 Å². The van der Waals surface area contributed by atoms with E-state index in [9.17, 15) is 14.7 Å². The van der Waals surface area contributed by atoms with Crippen molar-refractivity contribution in [1.82, 2.24) is 10.2 Å². The molecule has 2 N–H and O–H groups in total. The van der Waals surface area contributed by atoms with Gasteiger partial charge in [-0.25, -0.2) is 0 Å². The molecule has 0 bridgehead atoms. The molecule has 1 aromatic rings. The maximum absolute atomic E-state index is 12.5. The van der Waals surface area contributed by atoms with Crippen LogP contribution in [0, 0.1) is 11.8 Å². The number of carbonyl (C=O) groups excluding carboxylic acids is 2. The van der Waals surface area contributed by atoms with Crippen LogP contribution in [0.2, 0.25) is 0 Å². The topological polar surface area (TPSA) is 78.9 Å². The second-order valence-electron chi connectivity index (χ2n) is 8.06. The van der Waals surface area contributed by atoms with E-state index in [-0.39, 0.29) is 23.2 Å². The molecule has 1 saturated carbocycles. The van der Waals surface area contributed by atoms with Crippen LogP contribution in [-0.2, 0) is 9.53 Å². The lowest BCUT2D eigenvalue weighted by molar-refractivity contribution is -0.166. The molecule has 1 atom stereocenters. The van der Waals surface area contributed by atoms with E-state index in [0.717, 1.165) is 12.8 Å². The van der Waals surface area contributed by atoms with Crippen LogP contribution in [0.25, 0.3) is 0 Å². The van der Waals surface area contributed by atoms with E-state index in [1.807, 2.05) is 0 Å². The summed E-state index contributed by atoms with van der Waals surface area (Å²) in [5.41, 5.74) is 0.285. The van der Waals surface area contributed by atoms with Crippen LogP contribution in [0.3, 0.4) is 0 Å². The fraction of sp³-hybridized carbons (Fsp3) is 0.600. The van der Waals surface area contributed by atoms with Crippen LogP contribution in [0.5, 0.6) is 5.75 Å². The maximum Gasteiger partial charge on any atom is 0.254 e. The number of ether oxygens (including phenoxy) is 1. The highest BCUT2D eigenvalue weighted by Crippen LogP contribution is 2.37. The first-order chi connectivity index (χ1) is 12.5. The lowest BCUT2D eigenvalue weighted by Gasteiger charge is -2.52. The molecule has 2 amide bonds. The third kappa shape index (κ3) is 3.85. The van der Waals surface area contributed by atoms with Crippen molar-refractivity contribution in [3.63, 3.8) is 0 Å². The fourth-order valence-electron chi connectivity index (χ4n) is 3.86. The van der Waals surface area contributed by atoms with E-state index in [4.69, 9.17) is 4.74 Å². The Bertz CT molecular complexity index is 685. The van der Waals surface area contributed by atoms with Crippen LogP contribution < -0.4 is 5.32 Å². The summed E-state index contributed by atoms with van der Waals surface area (Å²) in [5.74, 6) is 1.18. The molecule has 6 nitrogen and oxygen atoms in total. The molecule has 1 spiro atoms. The minimum absolute atomic E-state index is 0.0652. The highest BCUT2D eigenvalue weighted by molar-refractivity contribution is 5.95. The molecule has 4 rings (SSSR count). The summed E-state index contributed by atoms with van der Waals surface area (Å²) in [6.07, 6.45) is 4.99. The Balaban J connectivity index is 1.20. The van der Waals surface area contributed by atoms with E-state index in [1.165, 1.54) is 18.9 Å². The molecular formula is C20H26N2O4. The number of likely N-dealkylation sites (tertiary alicyclic amines) is 1. The van der Waals surface area contributed by atoms with Crippen LogP contribution in [0.15, 0.2) is 24.3 Å². The second-order valence-corrected chi connectivity index (χ2v) is 8.06. The Morgan fingerprint density at radius 2 is 2.04 bits per heavy atom. The van der Waals surface area contributed by atoms with Crippen molar-refractivity contribution in [1.29, 1.82) is 0 Å². The van der Waals surface area contributed by atoms with Gasteiger partial charge in [-0.2, -0.15) is 0 Å². The third-order valence-electron chi connectivity index (χ3n) is 5.73. The van der Waals surface area contributed by atoms with Gasteiger partial charge in [0.05, 0.1) is 19.7 Å². The standard InChI is InChI=1S/C20H26N2O4/c23-17-3-1-2-16(9-17)19(25)22-12-20(13-22)7-6-15(11-26-20)10-21-18(24)8-14-4-5-14/h1-3,9,14-15,23H,4-8,10-13H2,(H,21,24). The SMILES string of the molecule is O=C(CC1CC1)NCC1CCC2(CN(C(=O)c3cccc(O)c3)C2)OC1. The van der Waals surface area contributed by atoms with Crippen molar-refractivity contribution in [2.75, 3.05) is 26.2 Å². The van der Waals surface area contributed by atoms with Crippen molar-refractivity contribution in [2.24, 2.45) is 11.8 Å². The number of phenols is 1. The molecule has 2 saturated heterocycles. The van der Waals surface area contributed by atoms with Crippen LogP contribution in [-0.4, -0.2) is 53.7 Å². The summed E-state index contributed by atoms with van der Waals surface area (Å²) in [4.78, 5) is 26.0. The number of hydrogen-bond acceptors (Lipinski definition) is 4. The molecule has 3 fully saturated rings. The second kappa shape index (κ2) is 6.91. The number of phenolic OH excluding ortho intramolecular Hbond substituents is 1. The van der Waals surface area contributed by atoms with Gasteiger partial charge in [0, 0.05) is 18.5 Å². The Kier molecular flexibility index (Phi) is 4.61. The zero-order chi connectivity index (χ0) is 18.1. The zero-order valence-electron chi connectivity index (χ0n) is 14.9. The first-order valence-electron chi connectivity index (χ1n) is 9.52. The van der Waals surface area contributed by atoms with E-state index < -0.39 is 0 Å². The van der Waals surface area contributed by atoms with Crippen LogP contribution in [0.4, 0.5) is 0 Å². The fourth-order valence-corrected chi connectivity index (χ4v) is 3.86. The molecule has 1 aromatic carbocycles. The number of benzene rings is 1. The lowest BCUT2D eigenvalue weighted by atomic mass is 9.82. The molecule has 1 unspecified atom stereocenters. The highest BCUT2D eigenvalue weighted by atomic mass is 16.5. The monoisotopic (exact) mass is 358 g/mol. The normalized spacial score (nSPS) is 24.2. The van der Waals surface area contributed by atoms with Gasteiger partial charge >= 0.3 is 0 Å². The van der Waals surface area contributed by atoms with Crippen LogP contribution >= 0.6 is 0 Å². The number of rotatable bonds is 5. The lowest BCUT2D eigenvalue weighted by Crippen LogP contribution is -2.66. The molecule has 2 aliphatic heterocycles. The highest BCUT2D eigenvalue weighted by Gasteiger charge is 2.48. The molecule has 0 aromatic heterocycles. The molecular weight excluding hydrogens is 332 g/mol. The Morgan fingerprint density at radius 3 is 2.69 bits per heavy atom. The predicted octanol–water partition coefficient (Wildman–Crippen LogP) is 1.93. The molecule has 0 radical (unpaired) electrons. The van der Waals surface area contributed by atoms with E-state index in [0.29, 0.717) is 50.1 Å². The van der Waals surface area contributed by atoms with Crippen molar-refractivity contribution >= 4 is 11.8 Å². The Labute approximate surface area is 153 Å².